The van der Waals surface area contributed by atoms with Gasteiger partial charge in [0.2, 0.25) is 0 Å². The average molecular weight is 499 g/mol. The Hall–Kier alpha value is -2.58. The molecule has 0 spiro atoms. The summed E-state index contributed by atoms with van der Waals surface area (Å²) in [6.07, 6.45) is 3.90. The van der Waals surface area contributed by atoms with Gasteiger partial charge in [-0.2, -0.15) is 18.4 Å². The molecule has 0 bridgehead atoms. The quantitative estimate of drug-likeness (QED) is 0.528. The van der Waals surface area contributed by atoms with Crippen molar-refractivity contribution < 1.29 is 23.4 Å². The first-order valence-electron chi connectivity index (χ1n) is 12.5. The molecule has 5 atom stereocenters. The van der Waals surface area contributed by atoms with Gasteiger partial charge in [-0.15, -0.1) is 0 Å². The molecule has 2 aromatic carbocycles. The van der Waals surface area contributed by atoms with Gasteiger partial charge in [-0.3, -0.25) is 0 Å². The first-order valence-corrected chi connectivity index (χ1v) is 14.0. The number of nitrogens with zero attached hydrogens (tertiary/aromatic N) is 1. The van der Waals surface area contributed by atoms with E-state index in [0.717, 1.165) is 42.4 Å². The van der Waals surface area contributed by atoms with Crippen molar-refractivity contribution >= 4 is 15.7 Å². The zero-order valence-corrected chi connectivity index (χ0v) is 21.3. The lowest BCUT2D eigenvalue weighted by Crippen LogP contribution is -2.45. The van der Waals surface area contributed by atoms with E-state index in [1.165, 1.54) is 0 Å². The lowest BCUT2D eigenvalue weighted by atomic mass is 9.55. The van der Waals surface area contributed by atoms with E-state index in [4.69, 9.17) is 4.74 Å². The molecule has 8 heteroatoms. The van der Waals surface area contributed by atoms with Crippen LogP contribution in [0.2, 0.25) is 0 Å². The number of aryl methyl sites for hydroxylation is 1. The summed E-state index contributed by atoms with van der Waals surface area (Å²) in [6, 6.07) is 10.2. The fraction of sp³-hybridized carbons (Fsp3) is 0.519. The second-order valence-corrected chi connectivity index (χ2v) is 12.2. The standard InChI is InChI=1S/C27H34N2O5S/c1-4-34-25-15-19-18-11-12-27(3)22(9-10-26(27)31)20(18)13-23(21(19)14-24(25)30)28-29-35(32,33)17-7-5-16(2)6-8-17/h5-8,14-15,18,20,22,26,29-31H,4,9-13H2,1-3H3/b28-23-/t18-,20-,22+,26?,27+/m1/s1. The van der Waals surface area contributed by atoms with Crippen molar-refractivity contribution in [2.75, 3.05) is 6.61 Å². The minimum absolute atomic E-state index is 0.0232. The number of hydrogen-bond acceptors (Lipinski definition) is 6. The molecular formula is C27H34N2O5S. The van der Waals surface area contributed by atoms with Crippen LogP contribution in [-0.2, 0) is 10.0 Å². The zero-order chi connectivity index (χ0) is 25.0. The molecule has 2 aromatic rings. The summed E-state index contributed by atoms with van der Waals surface area (Å²) in [5, 5.41) is 25.8. The van der Waals surface area contributed by atoms with Gasteiger partial charge in [0, 0.05) is 5.56 Å². The topological polar surface area (TPSA) is 108 Å². The van der Waals surface area contributed by atoms with Gasteiger partial charge in [-0.05, 0) is 98.9 Å². The van der Waals surface area contributed by atoms with E-state index in [0.29, 0.717) is 30.4 Å². The Balaban J connectivity index is 1.56. The molecule has 0 aliphatic heterocycles. The van der Waals surface area contributed by atoms with Gasteiger partial charge in [-0.1, -0.05) is 24.6 Å². The summed E-state index contributed by atoms with van der Waals surface area (Å²) in [4.78, 5) is 2.59. The van der Waals surface area contributed by atoms with Crippen molar-refractivity contribution in [2.24, 2.45) is 22.4 Å². The van der Waals surface area contributed by atoms with E-state index in [2.05, 4.69) is 16.9 Å². The Bertz CT molecular complexity index is 1260. The van der Waals surface area contributed by atoms with Gasteiger partial charge in [0.25, 0.3) is 10.0 Å². The van der Waals surface area contributed by atoms with Gasteiger partial charge in [0.15, 0.2) is 11.5 Å². The van der Waals surface area contributed by atoms with E-state index in [1.54, 1.807) is 30.3 Å². The fourth-order valence-corrected chi connectivity index (χ4v) is 7.50. The first kappa shape index (κ1) is 24.1. The molecular weight excluding hydrogens is 464 g/mol. The van der Waals surface area contributed by atoms with E-state index in [-0.39, 0.29) is 34.0 Å². The smallest absolute Gasteiger partial charge is 0.276 e. The molecule has 0 aromatic heterocycles. The number of benzene rings is 2. The van der Waals surface area contributed by atoms with Crippen LogP contribution in [0.15, 0.2) is 46.4 Å². The highest BCUT2D eigenvalue weighted by Crippen LogP contribution is 2.61. The van der Waals surface area contributed by atoms with E-state index in [9.17, 15) is 18.6 Å². The van der Waals surface area contributed by atoms with Crippen molar-refractivity contribution in [2.45, 2.75) is 69.8 Å². The number of hydrazone groups is 1. The summed E-state index contributed by atoms with van der Waals surface area (Å²) < 4.78 is 31.6. The lowest BCUT2D eigenvalue weighted by molar-refractivity contribution is -0.0177. The maximum atomic E-state index is 12.9. The van der Waals surface area contributed by atoms with Crippen molar-refractivity contribution in [3.05, 3.63) is 53.1 Å². The number of sulfonamides is 1. The van der Waals surface area contributed by atoms with Crippen molar-refractivity contribution in [3.63, 3.8) is 0 Å². The molecule has 2 fully saturated rings. The average Bonchev–Trinajstić information content (AvgIpc) is 3.13. The number of fused-ring (bicyclic) bond motifs is 5. The summed E-state index contributed by atoms with van der Waals surface area (Å²) in [7, 11) is -3.84. The Labute approximate surface area is 207 Å². The van der Waals surface area contributed by atoms with Crippen LogP contribution >= 0.6 is 0 Å². The summed E-state index contributed by atoms with van der Waals surface area (Å²) in [6.45, 7) is 6.41. The van der Waals surface area contributed by atoms with Crippen LogP contribution in [0.4, 0.5) is 0 Å². The van der Waals surface area contributed by atoms with Crippen LogP contribution in [0.3, 0.4) is 0 Å². The number of nitrogens with one attached hydrogen (secondary N) is 1. The molecule has 0 amide bonds. The molecule has 0 heterocycles. The van der Waals surface area contributed by atoms with Crippen molar-refractivity contribution in [3.8, 4) is 11.5 Å². The maximum Gasteiger partial charge on any atom is 0.276 e. The number of hydrogen-bond donors (Lipinski definition) is 3. The molecule has 0 radical (unpaired) electrons. The van der Waals surface area contributed by atoms with Gasteiger partial charge >= 0.3 is 0 Å². The second-order valence-electron chi connectivity index (χ2n) is 10.5. The molecule has 2 saturated carbocycles. The number of aliphatic hydroxyl groups excluding tert-OH is 1. The third-order valence-electron chi connectivity index (χ3n) is 8.59. The largest absolute Gasteiger partial charge is 0.504 e. The van der Waals surface area contributed by atoms with Crippen molar-refractivity contribution in [1.29, 1.82) is 0 Å². The lowest BCUT2D eigenvalue weighted by Gasteiger charge is -2.50. The Morgan fingerprint density at radius 2 is 1.91 bits per heavy atom. The van der Waals surface area contributed by atoms with Crippen LogP contribution in [-0.4, -0.2) is 37.1 Å². The molecule has 0 saturated heterocycles. The SMILES string of the molecule is CCOc1cc2c(cc1O)/C(=N\NS(=O)(=O)c1ccc(C)cc1)C[C@@H]1[C@@H]2CC[C@]2(C)C(O)CC[C@@H]12. The van der Waals surface area contributed by atoms with Crippen LogP contribution in [0.25, 0.3) is 0 Å². The minimum atomic E-state index is -3.84. The van der Waals surface area contributed by atoms with Crippen LogP contribution < -0.4 is 9.57 Å². The number of aromatic hydroxyl groups is 1. The molecule has 7 nitrogen and oxygen atoms in total. The summed E-state index contributed by atoms with van der Waals surface area (Å²) in [5.41, 5.74) is 3.26. The molecule has 1 unspecified atom stereocenters. The number of ether oxygens (including phenoxy) is 1. The van der Waals surface area contributed by atoms with Crippen LogP contribution in [0.1, 0.15) is 68.6 Å². The highest BCUT2D eigenvalue weighted by Gasteiger charge is 2.55. The number of aliphatic hydroxyl groups is 1. The van der Waals surface area contributed by atoms with Gasteiger partial charge in [0.05, 0.1) is 23.3 Å². The van der Waals surface area contributed by atoms with Crippen molar-refractivity contribution in [1.82, 2.24) is 4.83 Å². The second kappa shape index (κ2) is 8.82. The molecule has 35 heavy (non-hydrogen) atoms. The fourth-order valence-electron chi connectivity index (χ4n) is 6.67. The Morgan fingerprint density at radius 1 is 1.17 bits per heavy atom. The highest BCUT2D eigenvalue weighted by atomic mass is 32.2. The number of rotatable bonds is 5. The highest BCUT2D eigenvalue weighted by molar-refractivity contribution is 7.89. The Kier molecular flexibility index (Phi) is 6.08. The normalized spacial score (nSPS) is 30.9. The Morgan fingerprint density at radius 3 is 2.63 bits per heavy atom. The predicted octanol–water partition coefficient (Wildman–Crippen LogP) is 4.46. The molecule has 3 aliphatic rings. The monoisotopic (exact) mass is 498 g/mol. The third kappa shape index (κ3) is 4.10. The van der Waals surface area contributed by atoms with Crippen LogP contribution in [0, 0.1) is 24.2 Å². The molecule has 5 rings (SSSR count). The first-order chi connectivity index (χ1) is 16.6. The van der Waals surface area contributed by atoms with Gasteiger partial charge < -0.3 is 14.9 Å². The van der Waals surface area contributed by atoms with Crippen LogP contribution in [0.5, 0.6) is 11.5 Å². The van der Waals surface area contributed by atoms with E-state index < -0.39 is 10.0 Å². The molecule has 3 N–H and O–H groups in total. The minimum Gasteiger partial charge on any atom is -0.504 e. The molecule has 3 aliphatic carbocycles. The zero-order valence-electron chi connectivity index (χ0n) is 20.5. The number of phenolic OH excluding ortho intramolecular Hbond substituents is 1. The van der Waals surface area contributed by atoms with E-state index >= 15 is 0 Å². The van der Waals surface area contributed by atoms with Gasteiger partial charge in [-0.25, -0.2) is 0 Å². The summed E-state index contributed by atoms with van der Waals surface area (Å²) >= 11 is 0. The van der Waals surface area contributed by atoms with E-state index in [1.807, 2.05) is 19.9 Å². The number of phenols is 1. The predicted molar refractivity (Wildman–Crippen MR) is 134 cm³/mol. The molecule has 188 valence electrons. The maximum absolute atomic E-state index is 12.9. The third-order valence-corrected chi connectivity index (χ3v) is 9.81. The summed E-state index contributed by atoms with van der Waals surface area (Å²) in [5.74, 6) is 1.27. The van der Waals surface area contributed by atoms with Gasteiger partial charge in [0.1, 0.15) is 0 Å².